The minimum Gasteiger partial charge on any atom is -0.333 e. The van der Waals surface area contributed by atoms with Gasteiger partial charge in [0.15, 0.2) is 0 Å². The Morgan fingerprint density at radius 2 is 2.20 bits per heavy atom. The molecule has 0 saturated carbocycles. The standard InChI is InChI=1S/C8H14N2/c1-4-8-6-9-7(3)10(8)5-2/h6H,4-5H2,1-3H3. The van der Waals surface area contributed by atoms with Crippen molar-refractivity contribution in [2.45, 2.75) is 33.7 Å². The molecule has 0 aliphatic rings. The van der Waals surface area contributed by atoms with Crippen LogP contribution in [0.1, 0.15) is 25.4 Å². The van der Waals surface area contributed by atoms with Crippen LogP contribution in [0.5, 0.6) is 0 Å². The summed E-state index contributed by atoms with van der Waals surface area (Å²) in [5, 5.41) is 0. The summed E-state index contributed by atoms with van der Waals surface area (Å²) in [6.07, 6.45) is 3.04. The van der Waals surface area contributed by atoms with Gasteiger partial charge in [-0.05, 0) is 20.3 Å². The summed E-state index contributed by atoms with van der Waals surface area (Å²) < 4.78 is 2.24. The van der Waals surface area contributed by atoms with Crippen molar-refractivity contribution in [3.63, 3.8) is 0 Å². The van der Waals surface area contributed by atoms with E-state index in [1.807, 2.05) is 13.1 Å². The van der Waals surface area contributed by atoms with Crippen LogP contribution in [0.2, 0.25) is 0 Å². The molecule has 1 heterocycles. The normalized spacial score (nSPS) is 10.3. The highest BCUT2D eigenvalue weighted by Crippen LogP contribution is 2.03. The van der Waals surface area contributed by atoms with Gasteiger partial charge in [-0.25, -0.2) is 4.98 Å². The van der Waals surface area contributed by atoms with E-state index in [1.54, 1.807) is 0 Å². The van der Waals surface area contributed by atoms with Crippen molar-refractivity contribution in [1.29, 1.82) is 0 Å². The number of aryl methyl sites for hydroxylation is 2. The van der Waals surface area contributed by atoms with Crippen molar-refractivity contribution in [2.75, 3.05) is 0 Å². The second kappa shape index (κ2) is 2.86. The van der Waals surface area contributed by atoms with Gasteiger partial charge in [0.25, 0.3) is 0 Å². The minimum absolute atomic E-state index is 1.04. The lowest BCUT2D eigenvalue weighted by Crippen LogP contribution is -2.01. The quantitative estimate of drug-likeness (QED) is 0.609. The predicted octanol–water partition coefficient (Wildman–Crippen LogP) is 1.77. The zero-order valence-electron chi connectivity index (χ0n) is 6.89. The summed E-state index contributed by atoms with van der Waals surface area (Å²) in [6.45, 7) is 7.38. The lowest BCUT2D eigenvalue weighted by Gasteiger charge is -2.03. The lowest BCUT2D eigenvalue weighted by atomic mass is 10.3. The Labute approximate surface area is 61.9 Å². The number of hydrogen-bond acceptors (Lipinski definition) is 1. The van der Waals surface area contributed by atoms with E-state index in [4.69, 9.17) is 0 Å². The summed E-state index contributed by atoms with van der Waals surface area (Å²) in [4.78, 5) is 4.22. The molecular weight excluding hydrogens is 124 g/mol. The summed E-state index contributed by atoms with van der Waals surface area (Å²) in [7, 11) is 0. The second-order valence-corrected chi connectivity index (χ2v) is 2.39. The Morgan fingerprint density at radius 1 is 1.50 bits per heavy atom. The van der Waals surface area contributed by atoms with E-state index >= 15 is 0 Å². The lowest BCUT2D eigenvalue weighted by molar-refractivity contribution is 0.692. The smallest absolute Gasteiger partial charge is 0.105 e. The molecule has 0 saturated heterocycles. The van der Waals surface area contributed by atoms with E-state index in [2.05, 4.69) is 23.4 Å². The predicted molar refractivity (Wildman–Crippen MR) is 42.0 cm³/mol. The van der Waals surface area contributed by atoms with Crippen molar-refractivity contribution in [2.24, 2.45) is 0 Å². The molecule has 0 N–H and O–H groups in total. The molecule has 1 aromatic heterocycles. The molecule has 0 amide bonds. The second-order valence-electron chi connectivity index (χ2n) is 2.39. The third-order valence-corrected chi connectivity index (χ3v) is 1.82. The number of hydrogen-bond donors (Lipinski definition) is 0. The van der Waals surface area contributed by atoms with Crippen LogP contribution in [0.4, 0.5) is 0 Å². The molecule has 0 bridgehead atoms. The van der Waals surface area contributed by atoms with E-state index in [9.17, 15) is 0 Å². The van der Waals surface area contributed by atoms with Gasteiger partial charge in [0.1, 0.15) is 5.82 Å². The maximum Gasteiger partial charge on any atom is 0.105 e. The number of nitrogens with zero attached hydrogens (tertiary/aromatic N) is 2. The topological polar surface area (TPSA) is 17.8 Å². The van der Waals surface area contributed by atoms with E-state index < -0.39 is 0 Å². The fraction of sp³-hybridized carbons (Fsp3) is 0.625. The van der Waals surface area contributed by atoms with Gasteiger partial charge in [-0.3, -0.25) is 0 Å². The van der Waals surface area contributed by atoms with Gasteiger partial charge in [-0.2, -0.15) is 0 Å². The van der Waals surface area contributed by atoms with E-state index in [0.29, 0.717) is 0 Å². The SMILES string of the molecule is CCc1cnc(C)n1CC. The maximum absolute atomic E-state index is 4.22. The first-order valence-electron chi connectivity index (χ1n) is 3.80. The Hall–Kier alpha value is -0.790. The van der Waals surface area contributed by atoms with Crippen LogP contribution in [0, 0.1) is 6.92 Å². The van der Waals surface area contributed by atoms with Crippen molar-refractivity contribution in [3.05, 3.63) is 17.7 Å². The van der Waals surface area contributed by atoms with Crippen LogP contribution in [0.25, 0.3) is 0 Å². The molecule has 0 unspecified atom stereocenters. The van der Waals surface area contributed by atoms with Crippen LogP contribution >= 0.6 is 0 Å². The first kappa shape index (κ1) is 7.32. The highest BCUT2D eigenvalue weighted by Gasteiger charge is 2.00. The molecule has 1 rings (SSSR count). The first-order chi connectivity index (χ1) is 4.79. The third kappa shape index (κ3) is 1.06. The van der Waals surface area contributed by atoms with Gasteiger partial charge < -0.3 is 4.57 Å². The van der Waals surface area contributed by atoms with E-state index in [1.165, 1.54) is 5.69 Å². The van der Waals surface area contributed by atoms with Gasteiger partial charge in [0.2, 0.25) is 0 Å². The molecule has 0 spiro atoms. The fourth-order valence-corrected chi connectivity index (χ4v) is 1.23. The summed E-state index contributed by atoms with van der Waals surface area (Å²) in [5.74, 6) is 1.12. The summed E-state index contributed by atoms with van der Waals surface area (Å²) in [5.41, 5.74) is 1.33. The minimum atomic E-state index is 1.04. The Balaban J connectivity index is 3.01. The van der Waals surface area contributed by atoms with Crippen LogP contribution in [-0.2, 0) is 13.0 Å². The Morgan fingerprint density at radius 3 is 2.60 bits per heavy atom. The number of aromatic nitrogens is 2. The average Bonchev–Trinajstić information content (AvgIpc) is 2.30. The highest BCUT2D eigenvalue weighted by atomic mass is 15.1. The fourth-order valence-electron chi connectivity index (χ4n) is 1.23. The monoisotopic (exact) mass is 138 g/mol. The van der Waals surface area contributed by atoms with Crippen LogP contribution in [0.15, 0.2) is 6.20 Å². The Bertz CT molecular complexity index is 213. The van der Waals surface area contributed by atoms with Gasteiger partial charge in [-0.1, -0.05) is 6.92 Å². The van der Waals surface area contributed by atoms with Gasteiger partial charge in [0.05, 0.1) is 0 Å². The summed E-state index contributed by atoms with van der Waals surface area (Å²) in [6, 6.07) is 0. The van der Waals surface area contributed by atoms with Crippen LogP contribution < -0.4 is 0 Å². The molecule has 56 valence electrons. The molecule has 0 aromatic carbocycles. The van der Waals surface area contributed by atoms with Crippen LogP contribution in [-0.4, -0.2) is 9.55 Å². The number of imidazole rings is 1. The molecule has 1 aromatic rings. The van der Waals surface area contributed by atoms with Gasteiger partial charge in [0, 0.05) is 18.4 Å². The van der Waals surface area contributed by atoms with Gasteiger partial charge >= 0.3 is 0 Å². The van der Waals surface area contributed by atoms with Crippen molar-refractivity contribution >= 4 is 0 Å². The molecule has 0 atom stereocenters. The molecule has 0 aliphatic heterocycles. The molecule has 2 heteroatoms. The molecule has 2 nitrogen and oxygen atoms in total. The van der Waals surface area contributed by atoms with Crippen LogP contribution in [0.3, 0.4) is 0 Å². The molecule has 0 radical (unpaired) electrons. The molecule has 10 heavy (non-hydrogen) atoms. The molecule has 0 fully saturated rings. The van der Waals surface area contributed by atoms with E-state index in [0.717, 1.165) is 18.8 Å². The van der Waals surface area contributed by atoms with Crippen molar-refractivity contribution in [3.8, 4) is 0 Å². The number of rotatable bonds is 2. The molecule has 0 aliphatic carbocycles. The highest BCUT2D eigenvalue weighted by molar-refractivity contribution is 5.03. The summed E-state index contributed by atoms with van der Waals surface area (Å²) >= 11 is 0. The zero-order valence-corrected chi connectivity index (χ0v) is 6.89. The maximum atomic E-state index is 4.22. The Kier molecular flexibility index (Phi) is 2.10. The van der Waals surface area contributed by atoms with Crippen molar-refractivity contribution in [1.82, 2.24) is 9.55 Å². The zero-order chi connectivity index (χ0) is 7.56. The van der Waals surface area contributed by atoms with Crippen molar-refractivity contribution < 1.29 is 0 Å². The molecular formula is C8H14N2. The first-order valence-corrected chi connectivity index (χ1v) is 3.80. The largest absolute Gasteiger partial charge is 0.333 e. The van der Waals surface area contributed by atoms with E-state index in [-0.39, 0.29) is 0 Å². The van der Waals surface area contributed by atoms with Gasteiger partial charge in [-0.15, -0.1) is 0 Å². The third-order valence-electron chi connectivity index (χ3n) is 1.82. The average molecular weight is 138 g/mol.